The SMILES string of the molecule is COc1cccc(C(=O)COC(=O)c2ccc(-c3ncc[nH]3)cc2)c1. The fourth-order valence-electron chi connectivity index (χ4n) is 2.28. The van der Waals surface area contributed by atoms with Gasteiger partial charge < -0.3 is 14.5 Å². The fraction of sp³-hybridized carbons (Fsp3) is 0.105. The van der Waals surface area contributed by atoms with Crippen LogP contribution in [0.3, 0.4) is 0 Å². The molecule has 0 fully saturated rings. The van der Waals surface area contributed by atoms with Gasteiger partial charge in [-0.2, -0.15) is 0 Å². The average Bonchev–Trinajstić information content (AvgIpc) is 3.20. The largest absolute Gasteiger partial charge is 0.497 e. The smallest absolute Gasteiger partial charge is 0.338 e. The lowest BCUT2D eigenvalue weighted by Crippen LogP contribution is -2.14. The fourth-order valence-corrected chi connectivity index (χ4v) is 2.28. The van der Waals surface area contributed by atoms with Gasteiger partial charge in [-0.3, -0.25) is 4.79 Å². The maximum Gasteiger partial charge on any atom is 0.338 e. The van der Waals surface area contributed by atoms with Gasteiger partial charge in [-0.15, -0.1) is 0 Å². The van der Waals surface area contributed by atoms with Crippen LogP contribution in [0.15, 0.2) is 60.9 Å². The number of methoxy groups -OCH3 is 1. The van der Waals surface area contributed by atoms with Gasteiger partial charge in [0, 0.05) is 23.5 Å². The zero-order valence-corrected chi connectivity index (χ0v) is 13.6. The third-order valence-electron chi connectivity index (χ3n) is 3.62. The van der Waals surface area contributed by atoms with Crippen LogP contribution in [0.4, 0.5) is 0 Å². The molecule has 3 aromatic rings. The number of benzene rings is 2. The Morgan fingerprint density at radius 3 is 2.56 bits per heavy atom. The lowest BCUT2D eigenvalue weighted by molar-refractivity contribution is 0.0474. The Labute approximate surface area is 144 Å². The van der Waals surface area contributed by atoms with Crippen molar-refractivity contribution in [1.82, 2.24) is 9.97 Å². The van der Waals surface area contributed by atoms with Crippen LogP contribution in [-0.4, -0.2) is 35.4 Å². The minimum absolute atomic E-state index is 0.292. The quantitative estimate of drug-likeness (QED) is 0.552. The van der Waals surface area contributed by atoms with E-state index < -0.39 is 5.97 Å². The van der Waals surface area contributed by atoms with Crippen molar-refractivity contribution in [1.29, 1.82) is 0 Å². The van der Waals surface area contributed by atoms with E-state index in [1.165, 1.54) is 7.11 Å². The van der Waals surface area contributed by atoms with Crippen LogP contribution < -0.4 is 4.74 Å². The van der Waals surface area contributed by atoms with Crippen molar-refractivity contribution in [2.24, 2.45) is 0 Å². The molecule has 1 heterocycles. The summed E-state index contributed by atoms with van der Waals surface area (Å²) >= 11 is 0. The first kappa shape index (κ1) is 16.4. The second kappa shape index (κ2) is 7.44. The third kappa shape index (κ3) is 3.92. The predicted molar refractivity (Wildman–Crippen MR) is 91.6 cm³/mol. The molecule has 0 saturated carbocycles. The van der Waals surface area contributed by atoms with E-state index in [0.717, 1.165) is 5.56 Å². The van der Waals surface area contributed by atoms with E-state index in [1.54, 1.807) is 60.9 Å². The molecule has 0 bridgehead atoms. The minimum atomic E-state index is -0.553. The first-order valence-corrected chi connectivity index (χ1v) is 7.61. The number of rotatable bonds is 6. The summed E-state index contributed by atoms with van der Waals surface area (Å²) in [7, 11) is 1.52. The first-order valence-electron chi connectivity index (χ1n) is 7.61. The number of imidazole rings is 1. The summed E-state index contributed by atoms with van der Waals surface area (Å²) in [5.41, 5.74) is 1.66. The van der Waals surface area contributed by atoms with E-state index in [1.807, 2.05) is 0 Å². The maximum absolute atomic E-state index is 12.1. The summed E-state index contributed by atoms with van der Waals surface area (Å²) in [6, 6.07) is 13.5. The molecule has 0 unspecified atom stereocenters. The molecule has 0 amide bonds. The van der Waals surface area contributed by atoms with E-state index in [0.29, 0.717) is 22.7 Å². The van der Waals surface area contributed by atoms with Crippen molar-refractivity contribution >= 4 is 11.8 Å². The maximum atomic E-state index is 12.1. The van der Waals surface area contributed by atoms with Gasteiger partial charge in [0.05, 0.1) is 12.7 Å². The number of nitrogens with zero attached hydrogens (tertiary/aromatic N) is 1. The van der Waals surface area contributed by atoms with Gasteiger partial charge in [0.1, 0.15) is 11.6 Å². The highest BCUT2D eigenvalue weighted by Crippen LogP contribution is 2.16. The molecule has 0 saturated heterocycles. The number of nitrogens with one attached hydrogen (secondary N) is 1. The molecule has 0 radical (unpaired) electrons. The van der Waals surface area contributed by atoms with Crippen LogP contribution in [0.1, 0.15) is 20.7 Å². The predicted octanol–water partition coefficient (Wildman–Crippen LogP) is 3.13. The number of carbonyl (C=O) groups is 2. The van der Waals surface area contributed by atoms with Crippen LogP contribution in [0.25, 0.3) is 11.4 Å². The van der Waals surface area contributed by atoms with Crippen molar-refractivity contribution in [3.63, 3.8) is 0 Å². The molecular weight excluding hydrogens is 320 g/mol. The lowest BCUT2D eigenvalue weighted by Gasteiger charge is -2.06. The number of hydrogen-bond acceptors (Lipinski definition) is 5. The topological polar surface area (TPSA) is 81.3 Å². The number of Topliss-reactive ketones (excluding diaryl/α,β-unsaturated/α-hetero) is 1. The van der Waals surface area contributed by atoms with Gasteiger partial charge in [0.25, 0.3) is 0 Å². The van der Waals surface area contributed by atoms with E-state index in [9.17, 15) is 9.59 Å². The van der Waals surface area contributed by atoms with E-state index in [2.05, 4.69) is 9.97 Å². The van der Waals surface area contributed by atoms with Crippen molar-refractivity contribution in [3.8, 4) is 17.1 Å². The van der Waals surface area contributed by atoms with E-state index in [-0.39, 0.29) is 12.4 Å². The average molecular weight is 336 g/mol. The van der Waals surface area contributed by atoms with Crippen molar-refractivity contribution in [2.45, 2.75) is 0 Å². The molecule has 1 N–H and O–H groups in total. The molecular formula is C19H16N2O4. The Morgan fingerprint density at radius 1 is 1.08 bits per heavy atom. The molecule has 126 valence electrons. The van der Waals surface area contributed by atoms with Crippen molar-refractivity contribution < 1.29 is 19.1 Å². The van der Waals surface area contributed by atoms with Crippen LogP contribution in [0.2, 0.25) is 0 Å². The second-order valence-corrected chi connectivity index (χ2v) is 5.25. The zero-order valence-electron chi connectivity index (χ0n) is 13.6. The van der Waals surface area contributed by atoms with Crippen LogP contribution in [0.5, 0.6) is 5.75 Å². The Balaban J connectivity index is 1.61. The molecule has 0 atom stereocenters. The lowest BCUT2D eigenvalue weighted by atomic mass is 10.1. The van der Waals surface area contributed by atoms with Gasteiger partial charge in [0.2, 0.25) is 0 Å². The highest BCUT2D eigenvalue weighted by Gasteiger charge is 2.13. The number of hydrogen-bond donors (Lipinski definition) is 1. The number of carbonyl (C=O) groups excluding carboxylic acids is 2. The molecule has 6 heteroatoms. The van der Waals surface area contributed by atoms with Crippen LogP contribution in [0, 0.1) is 0 Å². The van der Waals surface area contributed by atoms with E-state index >= 15 is 0 Å². The van der Waals surface area contributed by atoms with Crippen molar-refractivity contribution in [3.05, 3.63) is 72.1 Å². The normalized spacial score (nSPS) is 10.3. The Morgan fingerprint density at radius 2 is 1.88 bits per heavy atom. The van der Waals surface area contributed by atoms with Gasteiger partial charge in [-0.25, -0.2) is 9.78 Å². The third-order valence-corrected chi connectivity index (χ3v) is 3.62. The molecule has 3 rings (SSSR count). The van der Waals surface area contributed by atoms with Gasteiger partial charge >= 0.3 is 5.97 Å². The number of ether oxygens (including phenoxy) is 2. The summed E-state index contributed by atoms with van der Waals surface area (Å²) in [6.45, 7) is -0.327. The summed E-state index contributed by atoms with van der Waals surface area (Å²) < 4.78 is 10.2. The Bertz CT molecular complexity index is 871. The molecule has 0 aliphatic rings. The molecule has 0 aliphatic carbocycles. The highest BCUT2D eigenvalue weighted by atomic mass is 16.5. The molecule has 1 aromatic heterocycles. The first-order chi connectivity index (χ1) is 12.2. The van der Waals surface area contributed by atoms with Gasteiger partial charge in [-0.1, -0.05) is 24.3 Å². The molecule has 2 aromatic carbocycles. The molecule has 25 heavy (non-hydrogen) atoms. The summed E-state index contributed by atoms with van der Waals surface area (Å²) in [6.07, 6.45) is 3.38. The molecule has 6 nitrogen and oxygen atoms in total. The van der Waals surface area contributed by atoms with Gasteiger partial charge in [-0.05, 0) is 24.3 Å². The second-order valence-electron chi connectivity index (χ2n) is 5.25. The Kier molecular flexibility index (Phi) is 4.89. The summed E-state index contributed by atoms with van der Waals surface area (Å²) in [5.74, 6) is 0.445. The molecule has 0 spiro atoms. The minimum Gasteiger partial charge on any atom is -0.497 e. The van der Waals surface area contributed by atoms with E-state index in [4.69, 9.17) is 9.47 Å². The standard InChI is InChI=1S/C19H16N2O4/c1-24-16-4-2-3-15(11-16)17(22)12-25-19(23)14-7-5-13(6-8-14)18-20-9-10-21-18/h2-11H,12H2,1H3,(H,20,21). The Hall–Kier alpha value is -3.41. The number of H-pyrrole nitrogens is 1. The number of ketones is 1. The highest BCUT2D eigenvalue weighted by molar-refractivity contribution is 5.99. The van der Waals surface area contributed by atoms with Crippen molar-refractivity contribution in [2.75, 3.05) is 13.7 Å². The number of esters is 1. The zero-order chi connectivity index (χ0) is 17.6. The number of aromatic nitrogens is 2. The molecule has 0 aliphatic heterocycles. The summed E-state index contributed by atoms with van der Waals surface area (Å²) in [5, 5.41) is 0. The van der Waals surface area contributed by atoms with Gasteiger partial charge in [0.15, 0.2) is 12.4 Å². The van der Waals surface area contributed by atoms with Crippen LogP contribution in [-0.2, 0) is 4.74 Å². The summed E-state index contributed by atoms with van der Waals surface area (Å²) in [4.78, 5) is 31.3. The van der Waals surface area contributed by atoms with Crippen LogP contribution >= 0.6 is 0 Å². The number of aromatic amines is 1. The monoisotopic (exact) mass is 336 g/mol.